The number of amides is 2. The molecule has 3 rings (SSSR count). The number of carbonyl (C=O) groups excluding carboxylic acids is 2. The van der Waals surface area contributed by atoms with Crippen molar-refractivity contribution in [3.63, 3.8) is 0 Å². The summed E-state index contributed by atoms with van der Waals surface area (Å²) in [7, 11) is 0. The fourth-order valence-electron chi connectivity index (χ4n) is 3.71. The van der Waals surface area contributed by atoms with Crippen molar-refractivity contribution >= 4 is 17.5 Å². The lowest BCUT2D eigenvalue weighted by Crippen LogP contribution is -2.49. The van der Waals surface area contributed by atoms with Gasteiger partial charge in [0.1, 0.15) is 5.75 Å². The molecule has 0 unspecified atom stereocenters. The molecule has 1 fully saturated rings. The zero-order valence-electron chi connectivity index (χ0n) is 15.3. The maximum Gasteiger partial charge on any atom is 0.224 e. The van der Waals surface area contributed by atoms with E-state index in [9.17, 15) is 14.7 Å². The molecule has 3 N–H and O–H groups in total. The molecule has 1 aromatic rings. The molecule has 1 aromatic carbocycles. The van der Waals surface area contributed by atoms with Crippen LogP contribution in [0.15, 0.2) is 18.2 Å². The Hall–Kier alpha value is -2.08. The van der Waals surface area contributed by atoms with Gasteiger partial charge in [0.05, 0.1) is 12.7 Å². The summed E-state index contributed by atoms with van der Waals surface area (Å²) in [4.78, 5) is 23.7. The SMILES string of the molecule is CC1(NC(=O)CCCOc2cccc3c2CCC(=O)N3)CCC(O)CC1. The number of benzene rings is 1. The Kier molecular flexibility index (Phi) is 5.81. The van der Waals surface area contributed by atoms with E-state index >= 15 is 0 Å². The van der Waals surface area contributed by atoms with Crippen molar-refractivity contribution in [3.8, 4) is 5.75 Å². The summed E-state index contributed by atoms with van der Waals surface area (Å²) in [5.74, 6) is 0.862. The summed E-state index contributed by atoms with van der Waals surface area (Å²) >= 11 is 0. The summed E-state index contributed by atoms with van der Waals surface area (Å²) in [6.07, 6.45) is 5.12. The number of anilines is 1. The number of hydrogen-bond donors (Lipinski definition) is 3. The molecule has 0 saturated heterocycles. The lowest BCUT2D eigenvalue weighted by Gasteiger charge is -2.36. The van der Waals surface area contributed by atoms with Crippen molar-refractivity contribution < 1.29 is 19.4 Å². The lowest BCUT2D eigenvalue weighted by molar-refractivity contribution is -0.123. The average Bonchev–Trinajstić information content (AvgIpc) is 2.61. The fraction of sp³-hybridized carbons (Fsp3) is 0.600. The average molecular weight is 360 g/mol. The molecule has 6 nitrogen and oxygen atoms in total. The van der Waals surface area contributed by atoms with Gasteiger partial charge in [0.15, 0.2) is 0 Å². The topological polar surface area (TPSA) is 87.7 Å². The largest absolute Gasteiger partial charge is 0.493 e. The normalized spacial score (nSPS) is 25.2. The number of carbonyl (C=O) groups is 2. The van der Waals surface area contributed by atoms with Gasteiger partial charge in [-0.05, 0) is 57.6 Å². The predicted molar refractivity (Wildman–Crippen MR) is 99.1 cm³/mol. The molecule has 2 aliphatic rings. The van der Waals surface area contributed by atoms with Crippen LogP contribution in [0.5, 0.6) is 5.75 Å². The number of hydrogen-bond acceptors (Lipinski definition) is 4. The van der Waals surface area contributed by atoms with E-state index in [1.165, 1.54) is 0 Å². The van der Waals surface area contributed by atoms with Crippen LogP contribution in [0.4, 0.5) is 5.69 Å². The molecule has 1 aliphatic heterocycles. The first-order chi connectivity index (χ1) is 12.5. The van der Waals surface area contributed by atoms with Crippen LogP contribution in [0.3, 0.4) is 0 Å². The van der Waals surface area contributed by atoms with Gasteiger partial charge in [-0.15, -0.1) is 0 Å². The van der Waals surface area contributed by atoms with Gasteiger partial charge in [0.25, 0.3) is 0 Å². The molecule has 1 saturated carbocycles. The minimum absolute atomic E-state index is 0.0369. The van der Waals surface area contributed by atoms with Gasteiger partial charge < -0.3 is 20.5 Å². The number of fused-ring (bicyclic) bond motifs is 1. The highest BCUT2D eigenvalue weighted by molar-refractivity contribution is 5.94. The van der Waals surface area contributed by atoms with Crippen LogP contribution in [-0.2, 0) is 16.0 Å². The third-order valence-electron chi connectivity index (χ3n) is 5.31. The molecule has 0 atom stereocenters. The van der Waals surface area contributed by atoms with Gasteiger partial charge in [-0.3, -0.25) is 9.59 Å². The van der Waals surface area contributed by atoms with E-state index in [1.807, 2.05) is 18.2 Å². The van der Waals surface area contributed by atoms with Crippen LogP contribution < -0.4 is 15.4 Å². The van der Waals surface area contributed by atoms with E-state index in [0.29, 0.717) is 32.3 Å². The molecule has 0 spiro atoms. The van der Waals surface area contributed by atoms with E-state index in [2.05, 4.69) is 17.6 Å². The first-order valence-corrected chi connectivity index (χ1v) is 9.49. The van der Waals surface area contributed by atoms with Crippen LogP contribution >= 0.6 is 0 Å². The zero-order valence-corrected chi connectivity index (χ0v) is 15.3. The van der Waals surface area contributed by atoms with Gasteiger partial charge in [-0.25, -0.2) is 0 Å². The second kappa shape index (κ2) is 8.08. The molecule has 0 bridgehead atoms. The summed E-state index contributed by atoms with van der Waals surface area (Å²) in [6.45, 7) is 2.52. The van der Waals surface area contributed by atoms with Gasteiger partial charge in [0, 0.05) is 29.6 Å². The first kappa shape index (κ1) is 18.7. The molecule has 6 heteroatoms. The van der Waals surface area contributed by atoms with Crippen LogP contribution in [0.25, 0.3) is 0 Å². The van der Waals surface area contributed by atoms with Gasteiger partial charge in [0.2, 0.25) is 11.8 Å². The van der Waals surface area contributed by atoms with E-state index in [-0.39, 0.29) is 23.5 Å². The lowest BCUT2D eigenvalue weighted by atomic mass is 9.82. The number of ether oxygens (including phenoxy) is 1. The highest BCUT2D eigenvalue weighted by atomic mass is 16.5. The third kappa shape index (κ3) is 4.75. The van der Waals surface area contributed by atoms with Crippen LogP contribution in [-0.4, -0.2) is 35.2 Å². The predicted octanol–water partition coefficient (Wildman–Crippen LogP) is 2.54. The molecule has 0 aromatic heterocycles. The Morgan fingerprint density at radius 2 is 2.12 bits per heavy atom. The van der Waals surface area contributed by atoms with Crippen molar-refractivity contribution in [3.05, 3.63) is 23.8 Å². The number of nitrogens with one attached hydrogen (secondary N) is 2. The summed E-state index contributed by atoms with van der Waals surface area (Å²) in [5.41, 5.74) is 1.65. The Morgan fingerprint density at radius 1 is 1.35 bits per heavy atom. The van der Waals surface area contributed by atoms with Crippen molar-refractivity contribution in [2.75, 3.05) is 11.9 Å². The van der Waals surface area contributed by atoms with Crippen LogP contribution in [0, 0.1) is 0 Å². The van der Waals surface area contributed by atoms with Crippen molar-refractivity contribution in [2.45, 2.75) is 69.9 Å². The van der Waals surface area contributed by atoms with Gasteiger partial charge >= 0.3 is 0 Å². The minimum atomic E-state index is -0.227. The summed E-state index contributed by atoms with van der Waals surface area (Å²) < 4.78 is 5.85. The number of aliphatic hydroxyl groups excluding tert-OH is 1. The van der Waals surface area contributed by atoms with Crippen molar-refractivity contribution in [2.24, 2.45) is 0 Å². The second-order valence-electron chi connectivity index (χ2n) is 7.62. The Bertz CT molecular complexity index is 666. The zero-order chi connectivity index (χ0) is 18.6. The van der Waals surface area contributed by atoms with E-state index in [0.717, 1.165) is 42.7 Å². The van der Waals surface area contributed by atoms with Crippen LogP contribution in [0.2, 0.25) is 0 Å². The Morgan fingerprint density at radius 3 is 2.88 bits per heavy atom. The molecule has 1 heterocycles. The van der Waals surface area contributed by atoms with E-state index in [1.54, 1.807) is 0 Å². The fourth-order valence-corrected chi connectivity index (χ4v) is 3.71. The third-order valence-corrected chi connectivity index (χ3v) is 5.31. The molecule has 0 radical (unpaired) electrons. The molecule has 2 amide bonds. The Balaban J connectivity index is 1.42. The van der Waals surface area contributed by atoms with Gasteiger partial charge in [-0.1, -0.05) is 6.07 Å². The van der Waals surface area contributed by atoms with Crippen molar-refractivity contribution in [1.82, 2.24) is 5.32 Å². The minimum Gasteiger partial charge on any atom is -0.493 e. The second-order valence-corrected chi connectivity index (χ2v) is 7.62. The summed E-state index contributed by atoms with van der Waals surface area (Å²) in [5, 5.41) is 15.6. The van der Waals surface area contributed by atoms with E-state index in [4.69, 9.17) is 4.74 Å². The van der Waals surface area contributed by atoms with Crippen molar-refractivity contribution in [1.29, 1.82) is 0 Å². The molecule has 142 valence electrons. The highest BCUT2D eigenvalue weighted by Crippen LogP contribution is 2.31. The van der Waals surface area contributed by atoms with Crippen LogP contribution in [0.1, 0.15) is 57.4 Å². The molecular weight excluding hydrogens is 332 g/mol. The number of rotatable bonds is 6. The standard InChI is InChI=1S/C20H28N2O4/c1-20(11-9-14(23)10-12-20)22-19(25)6-3-13-26-17-5-2-4-16-15(17)7-8-18(24)21-16/h2,4-5,14,23H,3,6-13H2,1H3,(H,21,24)(H,22,25). The smallest absolute Gasteiger partial charge is 0.224 e. The number of aliphatic hydroxyl groups is 1. The molecular formula is C20H28N2O4. The molecule has 26 heavy (non-hydrogen) atoms. The highest BCUT2D eigenvalue weighted by Gasteiger charge is 2.31. The Labute approximate surface area is 154 Å². The first-order valence-electron chi connectivity index (χ1n) is 9.49. The maximum absolute atomic E-state index is 12.2. The molecule has 1 aliphatic carbocycles. The van der Waals surface area contributed by atoms with E-state index < -0.39 is 0 Å². The quantitative estimate of drug-likeness (QED) is 0.680. The maximum atomic E-state index is 12.2. The monoisotopic (exact) mass is 360 g/mol. The van der Waals surface area contributed by atoms with Gasteiger partial charge in [-0.2, -0.15) is 0 Å². The summed E-state index contributed by atoms with van der Waals surface area (Å²) in [6, 6.07) is 5.66.